The van der Waals surface area contributed by atoms with E-state index in [9.17, 15) is 15.0 Å². The van der Waals surface area contributed by atoms with Crippen molar-refractivity contribution >= 4 is 11.6 Å². The first-order valence-electron chi connectivity index (χ1n) is 5.21. The van der Waals surface area contributed by atoms with Crippen LogP contribution >= 0.6 is 0 Å². The molecule has 6 nitrogen and oxygen atoms in total. The predicted octanol–water partition coefficient (Wildman–Crippen LogP) is -0.894. The Morgan fingerprint density at radius 2 is 1.88 bits per heavy atom. The lowest BCUT2D eigenvalue weighted by molar-refractivity contribution is -0.193. The molecule has 0 radical (unpaired) electrons. The molecule has 3 N–H and O–H groups in total. The minimum atomic E-state index is -2.43. The Morgan fingerprint density at radius 3 is 2.35 bits per heavy atom. The van der Waals surface area contributed by atoms with Gasteiger partial charge in [0.05, 0.1) is 5.69 Å². The molecule has 1 aromatic carbocycles. The minimum absolute atomic E-state index is 0.564. The Hall–Kier alpha value is -1.47. The van der Waals surface area contributed by atoms with Crippen LogP contribution in [0.1, 0.15) is 0 Å². The maximum absolute atomic E-state index is 11.9. The number of carbonyl (C=O) groups excluding carboxylic acids is 1. The first-order chi connectivity index (χ1) is 7.94. The van der Waals surface area contributed by atoms with E-state index in [0.29, 0.717) is 5.69 Å². The number of para-hydroxylation sites is 1. The average molecular weight is 237 g/mol. The highest BCUT2D eigenvalue weighted by molar-refractivity contribution is 6.00. The Labute approximate surface area is 99.0 Å². The molecule has 1 amide bonds. The molecule has 1 saturated heterocycles. The minimum Gasteiger partial charge on any atom is -0.356 e. The van der Waals surface area contributed by atoms with Crippen LogP contribution < -0.4 is 10.4 Å². The van der Waals surface area contributed by atoms with Crippen LogP contribution in [0.2, 0.25) is 0 Å². The molecule has 0 spiro atoms. The van der Waals surface area contributed by atoms with Crippen molar-refractivity contribution < 1.29 is 15.0 Å². The van der Waals surface area contributed by atoms with E-state index in [1.54, 1.807) is 38.4 Å². The summed E-state index contributed by atoms with van der Waals surface area (Å²) in [6.07, 6.45) is -0.879. The van der Waals surface area contributed by atoms with Crippen LogP contribution in [0.25, 0.3) is 0 Å². The second-order valence-corrected chi connectivity index (χ2v) is 4.20. The van der Waals surface area contributed by atoms with Crippen molar-refractivity contribution in [3.8, 4) is 0 Å². The maximum Gasteiger partial charge on any atom is 0.304 e. The lowest BCUT2D eigenvalue weighted by Gasteiger charge is -2.25. The predicted molar refractivity (Wildman–Crippen MR) is 61.7 cm³/mol. The van der Waals surface area contributed by atoms with Gasteiger partial charge in [-0.2, -0.15) is 0 Å². The molecule has 1 heterocycles. The molecule has 2 rings (SSSR count). The second kappa shape index (κ2) is 4.08. The molecule has 0 saturated carbocycles. The van der Waals surface area contributed by atoms with E-state index < -0.39 is 17.9 Å². The quantitative estimate of drug-likeness (QED) is 0.582. The monoisotopic (exact) mass is 237 g/mol. The van der Waals surface area contributed by atoms with Gasteiger partial charge in [0.2, 0.25) is 0 Å². The van der Waals surface area contributed by atoms with Crippen molar-refractivity contribution in [2.45, 2.75) is 12.0 Å². The van der Waals surface area contributed by atoms with Gasteiger partial charge in [-0.15, -0.1) is 0 Å². The van der Waals surface area contributed by atoms with Crippen molar-refractivity contribution in [2.24, 2.45) is 0 Å². The summed E-state index contributed by atoms with van der Waals surface area (Å²) in [5.74, 6) is -3.22. The molecule has 1 atom stereocenters. The smallest absolute Gasteiger partial charge is 0.304 e. The number of nitrogens with one attached hydrogen (secondary N) is 1. The number of rotatable bonds is 2. The van der Waals surface area contributed by atoms with Gasteiger partial charge in [-0.25, -0.2) is 10.4 Å². The zero-order chi connectivity index (χ0) is 12.6. The van der Waals surface area contributed by atoms with E-state index in [-0.39, 0.29) is 0 Å². The van der Waals surface area contributed by atoms with Crippen molar-refractivity contribution in [2.75, 3.05) is 19.1 Å². The first kappa shape index (κ1) is 12.0. The summed E-state index contributed by atoms with van der Waals surface area (Å²) in [6.45, 7) is 0. The molecular formula is C11H15N3O3. The number of hydrogen-bond donors (Lipinski definition) is 3. The first-order valence-corrected chi connectivity index (χ1v) is 5.21. The Kier molecular flexibility index (Phi) is 2.88. The summed E-state index contributed by atoms with van der Waals surface area (Å²) in [5.41, 5.74) is 3.32. The van der Waals surface area contributed by atoms with Crippen LogP contribution in [0.5, 0.6) is 0 Å². The number of nitrogens with zero attached hydrogens (tertiary/aromatic N) is 2. The van der Waals surface area contributed by atoms with Gasteiger partial charge in [-0.3, -0.25) is 9.69 Å². The van der Waals surface area contributed by atoms with Gasteiger partial charge in [0.25, 0.3) is 5.79 Å². The van der Waals surface area contributed by atoms with Gasteiger partial charge < -0.3 is 10.2 Å². The highest BCUT2D eigenvalue weighted by Gasteiger charge is 2.53. The molecule has 6 heteroatoms. The third-order valence-electron chi connectivity index (χ3n) is 2.68. The highest BCUT2D eigenvalue weighted by atomic mass is 16.5. The normalized spacial score (nSPS) is 23.5. The molecule has 0 aliphatic carbocycles. The molecule has 1 aliphatic rings. The molecule has 0 bridgehead atoms. The van der Waals surface area contributed by atoms with E-state index in [0.717, 1.165) is 5.01 Å². The fourth-order valence-corrected chi connectivity index (χ4v) is 1.80. The third-order valence-corrected chi connectivity index (χ3v) is 2.68. The van der Waals surface area contributed by atoms with E-state index in [1.807, 2.05) is 6.07 Å². The number of hydrogen-bond acceptors (Lipinski definition) is 5. The Balaban J connectivity index is 2.32. The fraction of sp³-hybridized carbons (Fsp3) is 0.364. The molecular weight excluding hydrogens is 222 g/mol. The zero-order valence-electron chi connectivity index (χ0n) is 9.66. The number of carbonyl (C=O) groups is 1. The summed E-state index contributed by atoms with van der Waals surface area (Å²) < 4.78 is 0. The molecule has 17 heavy (non-hydrogen) atoms. The number of anilines is 1. The number of benzene rings is 1. The van der Waals surface area contributed by atoms with E-state index in [1.165, 1.54) is 4.90 Å². The van der Waals surface area contributed by atoms with Crippen LogP contribution in [0.15, 0.2) is 30.3 Å². The van der Waals surface area contributed by atoms with Crippen molar-refractivity contribution in [1.29, 1.82) is 0 Å². The topological polar surface area (TPSA) is 76.0 Å². The van der Waals surface area contributed by atoms with E-state index >= 15 is 0 Å². The zero-order valence-corrected chi connectivity index (χ0v) is 9.66. The van der Waals surface area contributed by atoms with Gasteiger partial charge >= 0.3 is 5.91 Å². The standard InChI is InChI=1S/C11H15N3O3/c1-13(2)9-11(16,17)10(15)14(12-9)8-6-4-3-5-7-8/h3-7,9,12,16-17H,1-2H3. The van der Waals surface area contributed by atoms with Crippen LogP contribution in [0, 0.1) is 0 Å². The van der Waals surface area contributed by atoms with Gasteiger partial charge in [0, 0.05) is 0 Å². The van der Waals surface area contributed by atoms with Crippen LogP contribution in [0.3, 0.4) is 0 Å². The number of aliphatic hydroxyl groups is 2. The molecule has 1 aliphatic heterocycles. The van der Waals surface area contributed by atoms with E-state index in [2.05, 4.69) is 5.43 Å². The van der Waals surface area contributed by atoms with Crippen molar-refractivity contribution in [3.05, 3.63) is 30.3 Å². The lowest BCUT2D eigenvalue weighted by Crippen LogP contribution is -2.54. The van der Waals surface area contributed by atoms with Crippen molar-refractivity contribution in [3.63, 3.8) is 0 Å². The van der Waals surface area contributed by atoms with Gasteiger partial charge in [-0.05, 0) is 26.2 Å². The van der Waals surface area contributed by atoms with E-state index in [4.69, 9.17) is 0 Å². The number of hydrazine groups is 1. The maximum atomic E-state index is 11.9. The fourth-order valence-electron chi connectivity index (χ4n) is 1.80. The highest BCUT2D eigenvalue weighted by Crippen LogP contribution is 2.24. The summed E-state index contributed by atoms with van der Waals surface area (Å²) in [4.78, 5) is 13.4. The van der Waals surface area contributed by atoms with Gasteiger partial charge in [-0.1, -0.05) is 18.2 Å². The molecule has 1 fully saturated rings. The number of likely N-dealkylation sites (N-methyl/N-ethyl adjacent to an activating group) is 1. The molecule has 1 unspecified atom stereocenters. The van der Waals surface area contributed by atoms with Crippen LogP contribution in [-0.4, -0.2) is 47.1 Å². The summed E-state index contributed by atoms with van der Waals surface area (Å²) in [6, 6.07) is 8.77. The molecule has 1 aromatic rings. The van der Waals surface area contributed by atoms with Crippen LogP contribution in [-0.2, 0) is 4.79 Å². The summed E-state index contributed by atoms with van der Waals surface area (Å²) >= 11 is 0. The average Bonchev–Trinajstić information content (AvgIpc) is 2.52. The third kappa shape index (κ3) is 1.91. The SMILES string of the molecule is CN(C)C1NN(c2ccccc2)C(=O)C1(O)O. The summed E-state index contributed by atoms with van der Waals surface area (Å²) in [5, 5.41) is 20.7. The molecule has 92 valence electrons. The largest absolute Gasteiger partial charge is 0.356 e. The van der Waals surface area contributed by atoms with Gasteiger partial charge in [0.1, 0.15) is 6.17 Å². The molecule has 0 aromatic heterocycles. The number of amides is 1. The Bertz CT molecular complexity index is 419. The second-order valence-electron chi connectivity index (χ2n) is 4.20. The Morgan fingerprint density at radius 1 is 1.29 bits per heavy atom. The van der Waals surface area contributed by atoms with Crippen molar-refractivity contribution in [1.82, 2.24) is 10.3 Å². The lowest BCUT2D eigenvalue weighted by atomic mass is 10.2. The van der Waals surface area contributed by atoms with Crippen LogP contribution in [0.4, 0.5) is 5.69 Å². The summed E-state index contributed by atoms with van der Waals surface area (Å²) in [7, 11) is 3.31. The van der Waals surface area contributed by atoms with Gasteiger partial charge in [0.15, 0.2) is 0 Å².